The second kappa shape index (κ2) is 6.41. The van der Waals surface area contributed by atoms with Crippen molar-refractivity contribution in [1.29, 1.82) is 0 Å². The van der Waals surface area contributed by atoms with E-state index in [1.54, 1.807) is 23.0 Å². The maximum atomic E-state index is 13.6. The summed E-state index contributed by atoms with van der Waals surface area (Å²) in [6.07, 6.45) is 1.62. The first kappa shape index (κ1) is 14.4. The zero-order chi connectivity index (χ0) is 13.8. The van der Waals surface area contributed by atoms with Crippen molar-refractivity contribution in [3.8, 4) is 0 Å². The largest absolute Gasteiger partial charge is 0.311 e. The number of halogens is 2. The van der Waals surface area contributed by atoms with Crippen molar-refractivity contribution in [2.24, 2.45) is 7.05 Å². The molecule has 0 radical (unpaired) electrons. The molecule has 19 heavy (non-hydrogen) atoms. The van der Waals surface area contributed by atoms with Gasteiger partial charge in [0.1, 0.15) is 5.82 Å². The number of hydrogen-bond acceptors (Lipinski definition) is 3. The first-order chi connectivity index (χ1) is 9.13. The molecule has 1 aromatic carbocycles. The molecule has 2 aromatic rings. The molecular weight excluding hydrogens is 285 g/mol. The molecule has 0 aliphatic rings. The maximum absolute atomic E-state index is 13.6. The second-order valence-electron chi connectivity index (χ2n) is 4.08. The fourth-order valence-corrected chi connectivity index (χ4v) is 3.20. The summed E-state index contributed by atoms with van der Waals surface area (Å²) < 4.78 is 15.3. The summed E-state index contributed by atoms with van der Waals surface area (Å²) >= 11 is 7.58. The normalized spacial score (nSPS) is 12.6. The van der Waals surface area contributed by atoms with E-state index in [-0.39, 0.29) is 11.9 Å². The third kappa shape index (κ3) is 3.29. The summed E-state index contributed by atoms with van der Waals surface area (Å²) in [6, 6.07) is 6.78. The molecule has 1 atom stereocenters. The summed E-state index contributed by atoms with van der Waals surface area (Å²) in [5, 5.41) is 7.93. The Bertz CT molecular complexity index is 539. The van der Waals surface area contributed by atoms with E-state index in [0.717, 1.165) is 5.69 Å². The Kier molecular flexibility index (Phi) is 4.85. The Morgan fingerprint density at radius 3 is 2.79 bits per heavy atom. The fraction of sp³-hybridized carbons (Fsp3) is 0.308. The first-order valence-electron chi connectivity index (χ1n) is 5.85. The van der Waals surface area contributed by atoms with Gasteiger partial charge in [0, 0.05) is 17.7 Å². The van der Waals surface area contributed by atoms with Gasteiger partial charge in [-0.2, -0.15) is 5.10 Å². The number of aromatic nitrogens is 2. The van der Waals surface area contributed by atoms with Gasteiger partial charge in [0.2, 0.25) is 0 Å². The van der Waals surface area contributed by atoms with Gasteiger partial charge in [-0.1, -0.05) is 23.7 Å². The highest BCUT2D eigenvalue weighted by atomic mass is 35.5. The van der Waals surface area contributed by atoms with E-state index >= 15 is 0 Å². The fourth-order valence-electron chi connectivity index (χ4n) is 1.85. The molecule has 0 aliphatic carbocycles. The molecule has 0 aliphatic heterocycles. The molecule has 2 rings (SSSR count). The van der Waals surface area contributed by atoms with E-state index in [0.29, 0.717) is 15.7 Å². The smallest absolute Gasteiger partial charge is 0.136 e. The zero-order valence-electron chi connectivity index (χ0n) is 10.7. The van der Waals surface area contributed by atoms with E-state index in [1.165, 1.54) is 17.8 Å². The molecule has 1 unspecified atom stereocenters. The highest BCUT2D eigenvalue weighted by Gasteiger charge is 2.18. The highest BCUT2D eigenvalue weighted by Crippen LogP contribution is 2.29. The van der Waals surface area contributed by atoms with Crippen LogP contribution in [-0.4, -0.2) is 22.6 Å². The lowest BCUT2D eigenvalue weighted by molar-refractivity contribution is 0.583. The molecule has 0 bridgehead atoms. The number of rotatable bonds is 5. The Morgan fingerprint density at radius 2 is 2.21 bits per heavy atom. The standard InChI is InChI=1S/C13H15ClFN3S/c1-16-11(13-9(14)7-17-18(13)2)8-19-12-6-4-3-5-10(12)15/h3-7,11,16H,8H2,1-2H3. The average Bonchev–Trinajstić information content (AvgIpc) is 2.73. The molecule has 1 aromatic heterocycles. The van der Waals surface area contributed by atoms with Gasteiger partial charge in [0.05, 0.1) is 23.0 Å². The van der Waals surface area contributed by atoms with Crippen LogP contribution in [0.25, 0.3) is 0 Å². The predicted molar refractivity (Wildman–Crippen MR) is 77.1 cm³/mol. The van der Waals surface area contributed by atoms with Crippen molar-refractivity contribution in [3.63, 3.8) is 0 Å². The number of nitrogens with one attached hydrogen (secondary N) is 1. The third-order valence-corrected chi connectivity index (χ3v) is 4.29. The minimum atomic E-state index is -0.196. The Labute approximate surface area is 121 Å². The zero-order valence-corrected chi connectivity index (χ0v) is 12.3. The van der Waals surface area contributed by atoms with Gasteiger partial charge < -0.3 is 5.32 Å². The van der Waals surface area contributed by atoms with Crippen molar-refractivity contribution in [3.05, 3.63) is 47.0 Å². The molecule has 0 spiro atoms. The van der Waals surface area contributed by atoms with Crippen LogP contribution >= 0.6 is 23.4 Å². The average molecular weight is 300 g/mol. The summed E-state index contributed by atoms with van der Waals surface area (Å²) in [5.41, 5.74) is 0.910. The molecule has 0 fully saturated rings. The topological polar surface area (TPSA) is 29.9 Å². The number of hydrogen-bond donors (Lipinski definition) is 1. The summed E-state index contributed by atoms with van der Waals surface area (Å²) in [7, 11) is 3.70. The van der Waals surface area contributed by atoms with Gasteiger partial charge in [-0.15, -0.1) is 11.8 Å². The minimum Gasteiger partial charge on any atom is -0.311 e. The third-order valence-electron chi connectivity index (χ3n) is 2.86. The lowest BCUT2D eigenvalue weighted by Crippen LogP contribution is -2.22. The lowest BCUT2D eigenvalue weighted by atomic mass is 10.2. The summed E-state index contributed by atoms with van der Waals surface area (Å²) in [4.78, 5) is 0.640. The van der Waals surface area contributed by atoms with Crippen LogP contribution in [0.1, 0.15) is 11.7 Å². The monoisotopic (exact) mass is 299 g/mol. The predicted octanol–water partition coefficient (Wildman–Crippen LogP) is 3.27. The van der Waals surface area contributed by atoms with Gasteiger partial charge in [0.25, 0.3) is 0 Å². The molecule has 0 amide bonds. The van der Waals surface area contributed by atoms with Gasteiger partial charge in [0.15, 0.2) is 0 Å². The highest BCUT2D eigenvalue weighted by molar-refractivity contribution is 7.99. The van der Waals surface area contributed by atoms with Gasteiger partial charge >= 0.3 is 0 Å². The molecule has 3 nitrogen and oxygen atoms in total. The second-order valence-corrected chi connectivity index (χ2v) is 5.55. The van der Waals surface area contributed by atoms with E-state index in [2.05, 4.69) is 10.4 Å². The molecule has 0 saturated heterocycles. The number of aryl methyl sites for hydroxylation is 1. The van der Waals surface area contributed by atoms with Crippen LogP contribution in [0.3, 0.4) is 0 Å². The van der Waals surface area contributed by atoms with Crippen LogP contribution in [-0.2, 0) is 7.05 Å². The van der Waals surface area contributed by atoms with Crippen molar-refractivity contribution >= 4 is 23.4 Å². The summed E-state index contributed by atoms with van der Waals surface area (Å²) in [6.45, 7) is 0. The van der Waals surface area contributed by atoms with Gasteiger partial charge in [-0.25, -0.2) is 4.39 Å². The SMILES string of the molecule is CNC(CSc1ccccc1F)c1c(Cl)cnn1C. The number of benzene rings is 1. The Balaban J connectivity index is 2.11. The number of nitrogens with zero attached hydrogens (tertiary/aromatic N) is 2. The van der Waals surface area contributed by atoms with Crippen LogP contribution in [0.4, 0.5) is 4.39 Å². The van der Waals surface area contributed by atoms with E-state index < -0.39 is 0 Å². The Morgan fingerprint density at radius 1 is 1.47 bits per heavy atom. The van der Waals surface area contributed by atoms with Crippen molar-refractivity contribution in [1.82, 2.24) is 15.1 Å². The number of thioether (sulfide) groups is 1. The van der Waals surface area contributed by atoms with Crippen molar-refractivity contribution < 1.29 is 4.39 Å². The molecule has 1 heterocycles. The molecule has 102 valence electrons. The van der Waals surface area contributed by atoms with Crippen molar-refractivity contribution in [2.75, 3.05) is 12.8 Å². The van der Waals surface area contributed by atoms with Crippen LogP contribution in [0, 0.1) is 5.82 Å². The van der Waals surface area contributed by atoms with Gasteiger partial charge in [-0.05, 0) is 19.2 Å². The minimum absolute atomic E-state index is 0.0182. The first-order valence-corrected chi connectivity index (χ1v) is 7.21. The molecule has 6 heteroatoms. The van der Waals surface area contributed by atoms with E-state index in [9.17, 15) is 4.39 Å². The summed E-state index contributed by atoms with van der Waals surface area (Å²) in [5.74, 6) is 0.481. The van der Waals surface area contributed by atoms with Crippen molar-refractivity contribution in [2.45, 2.75) is 10.9 Å². The Hall–Kier alpha value is -1.04. The molecule has 1 N–H and O–H groups in total. The van der Waals surface area contributed by atoms with E-state index in [4.69, 9.17) is 11.6 Å². The van der Waals surface area contributed by atoms with Crippen LogP contribution in [0.5, 0.6) is 0 Å². The van der Waals surface area contributed by atoms with Crippen LogP contribution < -0.4 is 5.32 Å². The molecular formula is C13H15ClFN3S. The van der Waals surface area contributed by atoms with E-state index in [1.807, 2.05) is 20.2 Å². The van der Waals surface area contributed by atoms with Gasteiger partial charge in [-0.3, -0.25) is 4.68 Å². The maximum Gasteiger partial charge on any atom is 0.136 e. The van der Waals surface area contributed by atoms with Crippen LogP contribution in [0.2, 0.25) is 5.02 Å². The quantitative estimate of drug-likeness (QED) is 0.860. The van der Waals surface area contributed by atoms with Crippen LogP contribution in [0.15, 0.2) is 35.4 Å². The molecule has 0 saturated carbocycles. The lowest BCUT2D eigenvalue weighted by Gasteiger charge is -2.17.